The summed E-state index contributed by atoms with van der Waals surface area (Å²) in [6, 6.07) is 60.1. The molecule has 0 spiro atoms. The molecular weight excluding hydrogens is 1480 g/mol. The molecule has 0 saturated carbocycles. The Bertz CT molecular complexity index is 4900. The average Bonchev–Trinajstić information content (AvgIpc) is 1.66. The zero-order valence-corrected chi connectivity index (χ0v) is 75.2. The Morgan fingerprint density at radius 3 is 0.523 bits per heavy atom. The van der Waals surface area contributed by atoms with Crippen molar-refractivity contribution in [1.82, 2.24) is 0 Å². The molecule has 111 heavy (non-hydrogen) atoms. The first kappa shape index (κ1) is 83.2. The summed E-state index contributed by atoms with van der Waals surface area (Å²) in [4.78, 5) is 29.2. The summed E-state index contributed by atoms with van der Waals surface area (Å²) >= 11 is 0. The Hall–Kier alpha value is -7.26. The largest absolute Gasteiger partial charge is 2.00 e. The monoisotopic (exact) mass is 1590 g/mol. The zero-order valence-electron chi connectivity index (χ0n) is 70.0. The summed E-state index contributed by atoms with van der Waals surface area (Å²) in [6.45, 7) is 53.3. The van der Waals surface area contributed by atoms with Crippen LogP contribution in [0.5, 0.6) is 23.0 Å². The summed E-state index contributed by atoms with van der Waals surface area (Å²) in [6.07, 6.45) is 0. The van der Waals surface area contributed by atoms with Gasteiger partial charge in [-0.2, -0.15) is 0 Å². The van der Waals surface area contributed by atoms with Crippen molar-refractivity contribution in [2.75, 3.05) is 0 Å². The summed E-state index contributed by atoms with van der Waals surface area (Å²) in [7, 11) is -10.0. The van der Waals surface area contributed by atoms with E-state index in [1.165, 1.54) is 66.8 Å². The molecule has 14 rings (SSSR count). The van der Waals surface area contributed by atoms with E-state index in [0.29, 0.717) is 46.7 Å². The molecule has 12 aromatic rings. The van der Waals surface area contributed by atoms with E-state index in [9.17, 15) is 18.9 Å². The van der Waals surface area contributed by atoms with E-state index >= 15 is 0 Å². The van der Waals surface area contributed by atoms with Crippen molar-refractivity contribution in [3.8, 4) is 89.8 Å². The van der Waals surface area contributed by atoms with E-state index in [0.717, 1.165) is 110 Å². The van der Waals surface area contributed by atoms with Crippen LogP contribution >= 0.6 is 15.6 Å². The van der Waals surface area contributed by atoms with Gasteiger partial charge in [-0.05, 0) is 227 Å². The van der Waals surface area contributed by atoms with Crippen molar-refractivity contribution in [1.29, 1.82) is 0 Å². The van der Waals surface area contributed by atoms with Gasteiger partial charge in [-0.3, -0.25) is 0 Å². The van der Waals surface area contributed by atoms with Crippen LogP contribution in [0.25, 0.3) is 110 Å². The minimum absolute atomic E-state index is 0. The molecule has 0 saturated heterocycles. The van der Waals surface area contributed by atoms with E-state index in [-0.39, 0.29) is 92.8 Å². The molecule has 0 amide bonds. The van der Waals surface area contributed by atoms with E-state index in [1.54, 1.807) is 0 Å². The fourth-order valence-electron chi connectivity index (χ4n) is 17.0. The van der Waals surface area contributed by atoms with Gasteiger partial charge >= 0.3 is 61.1 Å². The van der Waals surface area contributed by atoms with Crippen LogP contribution in [0, 0.1) is 0 Å². The van der Waals surface area contributed by atoms with Gasteiger partial charge in [-0.1, -0.05) is 312 Å². The third kappa shape index (κ3) is 15.8. The zero-order chi connectivity index (χ0) is 79.3. The first-order valence-corrected chi connectivity index (χ1v) is 43.3. The van der Waals surface area contributed by atoms with E-state index in [4.69, 9.17) is 18.1 Å². The van der Waals surface area contributed by atoms with Crippen LogP contribution in [0.3, 0.4) is 0 Å². The maximum absolute atomic E-state index is 14.6. The average molecular weight is 1590 g/mol. The predicted octanol–water partition coefficient (Wildman–Crippen LogP) is 29.6. The third-order valence-corrected chi connectivity index (χ3v) is 24.6. The molecule has 2 aliphatic heterocycles. The van der Waals surface area contributed by atoms with Crippen molar-refractivity contribution in [2.45, 2.75) is 237 Å². The maximum Gasteiger partial charge on any atom is 2.00 e. The number of rotatable bonds is 16. The van der Waals surface area contributed by atoms with Gasteiger partial charge in [0.1, 0.15) is 23.0 Å². The van der Waals surface area contributed by atoms with Gasteiger partial charge in [0, 0.05) is 44.5 Å². The molecule has 572 valence electrons. The van der Waals surface area contributed by atoms with Crippen LogP contribution in [0.4, 0.5) is 0 Å². The second-order valence-corrected chi connectivity index (χ2v) is 37.3. The molecule has 0 unspecified atom stereocenters. The van der Waals surface area contributed by atoms with Crippen molar-refractivity contribution in [3.63, 3.8) is 0 Å². The molecule has 8 nitrogen and oxygen atoms in total. The number of phosphoric ester groups is 2. The van der Waals surface area contributed by atoms with Gasteiger partial charge in [0.2, 0.25) is 0 Å². The normalized spacial score (nSPS) is 13.8. The van der Waals surface area contributed by atoms with Gasteiger partial charge in [-0.25, -0.2) is 9.13 Å². The number of hydrogen-bond acceptors (Lipinski definition) is 8. The molecule has 2 aliphatic rings. The maximum atomic E-state index is 14.6. The van der Waals surface area contributed by atoms with E-state index in [1.807, 2.05) is 24.3 Å². The van der Waals surface area contributed by atoms with Gasteiger partial charge in [0.15, 0.2) is 0 Å². The van der Waals surface area contributed by atoms with Gasteiger partial charge in [0.25, 0.3) is 0 Å². The first-order valence-electron chi connectivity index (χ1n) is 40.3. The summed E-state index contributed by atoms with van der Waals surface area (Å²) in [5.41, 5.74) is 24.7. The van der Waals surface area contributed by atoms with Crippen molar-refractivity contribution in [2.24, 2.45) is 0 Å². The number of phosphoric acid groups is 2. The Balaban J connectivity index is 0.000000204. The fraction of sp³-hybridized carbons (Fsp3) is 0.360. The van der Waals surface area contributed by atoms with Crippen LogP contribution in [-0.4, -0.2) is 45.5 Å². The van der Waals surface area contributed by atoms with Crippen molar-refractivity contribution in [3.05, 3.63) is 237 Å². The molecule has 11 heteroatoms. The predicted molar refractivity (Wildman–Crippen MR) is 468 cm³/mol. The summed E-state index contributed by atoms with van der Waals surface area (Å²) in [5, 5.41) is 7.67. The molecule has 0 aliphatic carbocycles. The second kappa shape index (κ2) is 32.6. The van der Waals surface area contributed by atoms with E-state index < -0.39 is 15.6 Å². The standard InChI is InChI=1S/2C50H57O4P.Sr/c2*1-27(2)35-23-39(29(5)6)45(40(24-35)30(7)8)43-21-33-17-13-15-19-37(33)47-48-38-20-16-14-18-34(38)22-44(50(48)54-55(51,52)53-49(43)47)46-41(31(9)10)25-36(28(3)4)26-42(46)32(11)12;/h2*13-32H,1-12H3,(H,51,52);/q;;+2/p-2. The minimum Gasteiger partial charge on any atom is -0.736 e. The number of benzene rings is 12. The van der Waals surface area contributed by atoms with Crippen LogP contribution in [0.2, 0.25) is 0 Å². The van der Waals surface area contributed by atoms with Gasteiger partial charge < -0.3 is 27.9 Å². The van der Waals surface area contributed by atoms with Crippen molar-refractivity contribution >= 4 is 104 Å². The molecule has 0 radical (unpaired) electrons. The van der Waals surface area contributed by atoms with Gasteiger partial charge in [0.05, 0.1) is 0 Å². The van der Waals surface area contributed by atoms with E-state index in [2.05, 4.69) is 312 Å². The molecule has 0 N–H and O–H groups in total. The van der Waals surface area contributed by atoms with Crippen molar-refractivity contribution < 1.29 is 37.0 Å². The molecule has 0 aromatic heterocycles. The van der Waals surface area contributed by atoms with Crippen LogP contribution < -0.4 is 27.9 Å². The van der Waals surface area contributed by atoms with Crippen LogP contribution in [0.1, 0.15) is 304 Å². The van der Waals surface area contributed by atoms with Gasteiger partial charge in [-0.15, -0.1) is 0 Å². The fourth-order valence-corrected chi connectivity index (χ4v) is 18.7. The first-order chi connectivity index (χ1) is 52.0. The molecular formula is C100H112O8P2Sr. The Morgan fingerprint density at radius 2 is 0.378 bits per heavy atom. The van der Waals surface area contributed by atoms with Crippen LogP contribution in [0.15, 0.2) is 170 Å². The number of hydrogen-bond donors (Lipinski definition) is 0. The summed E-state index contributed by atoms with van der Waals surface area (Å²) < 4.78 is 54.7. The Kier molecular flexibility index (Phi) is 24.4. The molecule has 12 aromatic carbocycles. The number of fused-ring (bicyclic) bond motifs is 14. The topological polar surface area (TPSA) is 117 Å². The minimum atomic E-state index is -5.00. The smallest absolute Gasteiger partial charge is 0.736 e. The second-order valence-electron chi connectivity index (χ2n) is 34.8. The Morgan fingerprint density at radius 1 is 0.225 bits per heavy atom. The summed E-state index contributed by atoms with van der Waals surface area (Å²) in [5.74, 6) is 4.01. The quantitative estimate of drug-likeness (QED) is 0.0694. The Labute approximate surface area is 698 Å². The third-order valence-electron chi connectivity index (χ3n) is 22.9. The molecule has 0 atom stereocenters. The van der Waals surface area contributed by atoms with Crippen LogP contribution in [-0.2, 0) is 9.13 Å². The SMILES string of the molecule is CC(C)c1cc(C(C)C)c(-c2cc3ccccc3c3c2OP(=O)([O-])Oc2c(-c4c(C(C)C)cc(C(C)C)cc4C(C)C)cc4ccccc4c2-3)c(C(C)C)c1.CC(C)c1cc(C(C)C)c(-c2cc3ccccc3c3c2OP(=O)([O-])Oc2c(-c4c(C(C)C)cc(C(C)C)cc4C(C)C)cc4ccccc4c2-3)c(C(C)C)c1.[Sr+2]. The molecule has 0 bridgehead atoms. The molecule has 0 fully saturated rings. The molecule has 2 heterocycles.